The third kappa shape index (κ3) is 4.37. The van der Waals surface area contributed by atoms with Gasteiger partial charge in [-0.15, -0.1) is 0 Å². The fourth-order valence-electron chi connectivity index (χ4n) is 2.13. The Hall–Kier alpha value is -0.160. The number of aliphatic hydroxyl groups is 1. The first kappa shape index (κ1) is 13.9. The topological polar surface area (TPSA) is 44.7 Å². The number of nitrogens with zero attached hydrogens (tertiary/aromatic N) is 1. The molecular weight excluding hydrogens is 204 g/mol. The van der Waals surface area contributed by atoms with Gasteiger partial charge in [0.25, 0.3) is 0 Å². The molecule has 1 aliphatic rings. The van der Waals surface area contributed by atoms with Crippen molar-refractivity contribution < 1.29 is 9.84 Å². The molecule has 0 aromatic heterocycles. The van der Waals surface area contributed by atoms with Crippen LogP contribution in [0.2, 0.25) is 0 Å². The van der Waals surface area contributed by atoms with Gasteiger partial charge in [0, 0.05) is 31.7 Å². The third-order valence-corrected chi connectivity index (χ3v) is 3.06. The van der Waals surface area contributed by atoms with Crippen LogP contribution in [0.15, 0.2) is 0 Å². The molecule has 0 bridgehead atoms. The highest BCUT2D eigenvalue weighted by molar-refractivity contribution is 4.83. The van der Waals surface area contributed by atoms with E-state index in [1.165, 1.54) is 0 Å². The molecule has 3 unspecified atom stereocenters. The minimum absolute atomic E-state index is 0.188. The zero-order valence-electron chi connectivity index (χ0n) is 10.9. The summed E-state index contributed by atoms with van der Waals surface area (Å²) < 4.78 is 5.42. The molecule has 3 atom stereocenters. The SMILES string of the molecule is CC(C)OCC(O)CN1C(C)CNCC1C. The first-order valence-corrected chi connectivity index (χ1v) is 6.26. The van der Waals surface area contributed by atoms with E-state index in [9.17, 15) is 5.11 Å². The minimum Gasteiger partial charge on any atom is -0.389 e. The van der Waals surface area contributed by atoms with Crippen molar-refractivity contribution >= 4 is 0 Å². The van der Waals surface area contributed by atoms with E-state index in [1.807, 2.05) is 13.8 Å². The Morgan fingerprint density at radius 1 is 1.31 bits per heavy atom. The maximum Gasteiger partial charge on any atom is 0.0900 e. The number of hydrogen-bond acceptors (Lipinski definition) is 4. The summed E-state index contributed by atoms with van der Waals surface area (Å²) in [6, 6.07) is 0.967. The highest BCUT2D eigenvalue weighted by Gasteiger charge is 2.26. The summed E-state index contributed by atoms with van der Waals surface area (Å²) in [5.41, 5.74) is 0. The smallest absolute Gasteiger partial charge is 0.0900 e. The van der Waals surface area contributed by atoms with Gasteiger partial charge in [-0.05, 0) is 27.7 Å². The summed E-state index contributed by atoms with van der Waals surface area (Å²) in [6.07, 6.45) is -0.196. The first-order valence-electron chi connectivity index (χ1n) is 6.26. The van der Waals surface area contributed by atoms with Crippen LogP contribution >= 0.6 is 0 Å². The van der Waals surface area contributed by atoms with E-state index in [-0.39, 0.29) is 12.2 Å². The van der Waals surface area contributed by atoms with Gasteiger partial charge in [-0.2, -0.15) is 0 Å². The van der Waals surface area contributed by atoms with Crippen LogP contribution in [0.3, 0.4) is 0 Å². The molecule has 0 saturated carbocycles. The number of nitrogens with one attached hydrogen (secondary N) is 1. The predicted octanol–water partition coefficient (Wildman–Crippen LogP) is 0.455. The zero-order valence-corrected chi connectivity index (χ0v) is 10.9. The number of rotatable bonds is 5. The lowest BCUT2D eigenvalue weighted by Gasteiger charge is -2.40. The fraction of sp³-hybridized carbons (Fsp3) is 1.00. The van der Waals surface area contributed by atoms with Gasteiger partial charge in [0.15, 0.2) is 0 Å². The van der Waals surface area contributed by atoms with E-state index >= 15 is 0 Å². The number of aliphatic hydroxyl groups excluding tert-OH is 1. The second-order valence-corrected chi connectivity index (χ2v) is 5.09. The van der Waals surface area contributed by atoms with Gasteiger partial charge in [-0.1, -0.05) is 0 Å². The van der Waals surface area contributed by atoms with E-state index in [0.717, 1.165) is 13.1 Å². The Morgan fingerprint density at radius 3 is 2.38 bits per heavy atom. The normalized spacial score (nSPS) is 29.6. The van der Waals surface area contributed by atoms with Crippen molar-refractivity contribution in [3.8, 4) is 0 Å². The molecule has 16 heavy (non-hydrogen) atoms. The lowest BCUT2D eigenvalue weighted by atomic mass is 10.1. The van der Waals surface area contributed by atoms with Gasteiger partial charge in [0.1, 0.15) is 0 Å². The second kappa shape index (κ2) is 6.55. The maximum atomic E-state index is 9.90. The monoisotopic (exact) mass is 230 g/mol. The molecule has 2 N–H and O–H groups in total. The van der Waals surface area contributed by atoms with Crippen molar-refractivity contribution in [1.82, 2.24) is 10.2 Å². The van der Waals surface area contributed by atoms with Crippen molar-refractivity contribution in [2.45, 2.75) is 52.0 Å². The quantitative estimate of drug-likeness (QED) is 0.720. The van der Waals surface area contributed by atoms with E-state index in [1.54, 1.807) is 0 Å². The maximum absolute atomic E-state index is 9.90. The van der Waals surface area contributed by atoms with Crippen LogP contribution in [0.4, 0.5) is 0 Å². The lowest BCUT2D eigenvalue weighted by Crippen LogP contribution is -2.57. The Balaban J connectivity index is 2.33. The molecule has 0 spiro atoms. The summed E-state index contributed by atoms with van der Waals surface area (Å²) in [4.78, 5) is 2.35. The summed E-state index contributed by atoms with van der Waals surface area (Å²) in [7, 11) is 0. The molecule has 0 amide bonds. The number of ether oxygens (including phenoxy) is 1. The first-order chi connectivity index (χ1) is 7.50. The fourth-order valence-corrected chi connectivity index (χ4v) is 2.13. The summed E-state index contributed by atoms with van der Waals surface area (Å²) >= 11 is 0. The molecule has 4 heteroatoms. The third-order valence-electron chi connectivity index (χ3n) is 3.06. The van der Waals surface area contributed by atoms with Crippen molar-refractivity contribution in [3.63, 3.8) is 0 Å². The van der Waals surface area contributed by atoms with Crippen LogP contribution in [-0.2, 0) is 4.74 Å². The van der Waals surface area contributed by atoms with Gasteiger partial charge in [-0.25, -0.2) is 0 Å². The van der Waals surface area contributed by atoms with E-state index in [2.05, 4.69) is 24.1 Å². The molecule has 1 heterocycles. The summed E-state index contributed by atoms with van der Waals surface area (Å²) in [5.74, 6) is 0. The molecular formula is C12H26N2O2. The van der Waals surface area contributed by atoms with Crippen molar-refractivity contribution in [3.05, 3.63) is 0 Å². The van der Waals surface area contributed by atoms with Crippen LogP contribution in [-0.4, -0.2) is 60.5 Å². The molecule has 0 aromatic carbocycles. The number of piperazine rings is 1. The average Bonchev–Trinajstić information content (AvgIpc) is 2.21. The highest BCUT2D eigenvalue weighted by atomic mass is 16.5. The van der Waals surface area contributed by atoms with Crippen LogP contribution in [0.25, 0.3) is 0 Å². The molecule has 0 aromatic rings. The number of β-amino-alcohol motifs (C(OH)–C–C–N with tert-alkyl or cyclic N) is 1. The summed E-state index contributed by atoms with van der Waals surface area (Å²) in [5, 5.41) is 13.3. The lowest BCUT2D eigenvalue weighted by molar-refractivity contribution is -0.0237. The van der Waals surface area contributed by atoms with Crippen LogP contribution < -0.4 is 5.32 Å². The van der Waals surface area contributed by atoms with Gasteiger partial charge in [0.2, 0.25) is 0 Å². The van der Waals surface area contributed by atoms with Crippen molar-refractivity contribution in [2.24, 2.45) is 0 Å². The number of hydrogen-bond donors (Lipinski definition) is 2. The average molecular weight is 230 g/mol. The molecule has 96 valence electrons. The Labute approximate surface area is 99.0 Å². The predicted molar refractivity (Wildman–Crippen MR) is 65.6 cm³/mol. The van der Waals surface area contributed by atoms with Gasteiger partial charge in [-0.3, -0.25) is 4.90 Å². The van der Waals surface area contributed by atoms with E-state index in [0.29, 0.717) is 25.2 Å². The van der Waals surface area contributed by atoms with Gasteiger partial charge >= 0.3 is 0 Å². The Bertz CT molecular complexity index is 189. The molecule has 1 fully saturated rings. The van der Waals surface area contributed by atoms with E-state index in [4.69, 9.17) is 4.74 Å². The zero-order chi connectivity index (χ0) is 12.1. The van der Waals surface area contributed by atoms with Crippen molar-refractivity contribution in [1.29, 1.82) is 0 Å². The largest absolute Gasteiger partial charge is 0.389 e. The van der Waals surface area contributed by atoms with Gasteiger partial charge < -0.3 is 15.2 Å². The minimum atomic E-state index is -0.384. The molecule has 0 radical (unpaired) electrons. The molecule has 1 rings (SSSR count). The van der Waals surface area contributed by atoms with Crippen LogP contribution in [0.1, 0.15) is 27.7 Å². The Kier molecular flexibility index (Phi) is 5.69. The second-order valence-electron chi connectivity index (χ2n) is 5.09. The molecule has 4 nitrogen and oxygen atoms in total. The molecule has 1 aliphatic heterocycles. The summed E-state index contributed by atoms with van der Waals surface area (Å²) in [6.45, 7) is 11.5. The van der Waals surface area contributed by atoms with Crippen molar-refractivity contribution in [2.75, 3.05) is 26.2 Å². The standard InChI is InChI=1S/C12H26N2O2/c1-9(2)16-8-12(15)7-14-10(3)5-13-6-11(14)4/h9-13,15H,5-8H2,1-4H3. The molecule has 0 aliphatic carbocycles. The van der Waals surface area contributed by atoms with Crippen LogP contribution in [0.5, 0.6) is 0 Å². The Morgan fingerprint density at radius 2 is 1.88 bits per heavy atom. The molecule has 1 saturated heterocycles. The highest BCUT2D eigenvalue weighted by Crippen LogP contribution is 2.10. The van der Waals surface area contributed by atoms with Crippen LogP contribution in [0, 0.1) is 0 Å². The van der Waals surface area contributed by atoms with Gasteiger partial charge in [0.05, 0.1) is 18.8 Å². The van der Waals surface area contributed by atoms with E-state index < -0.39 is 0 Å².